The normalized spacial score (nSPS) is 16.4. The van der Waals surface area contributed by atoms with Gasteiger partial charge in [0.15, 0.2) is 0 Å². The highest BCUT2D eigenvalue weighted by atomic mass is 19.4. The Kier molecular flexibility index (Phi) is 5.17. The molecular weight excluding hydrogens is 271 g/mol. The summed E-state index contributed by atoms with van der Waals surface area (Å²) in [4.78, 5) is 0. The molecule has 0 aliphatic heterocycles. The van der Waals surface area contributed by atoms with Gasteiger partial charge in [-0.05, 0) is 18.6 Å². The summed E-state index contributed by atoms with van der Waals surface area (Å²) in [6.45, 7) is 1.75. The monoisotopic (exact) mass is 285 g/mol. The number of halogens is 3. The zero-order valence-corrected chi connectivity index (χ0v) is 10.8. The lowest BCUT2D eigenvalue weighted by molar-refractivity contribution is -0.243. The van der Waals surface area contributed by atoms with E-state index >= 15 is 0 Å². The maximum absolute atomic E-state index is 13.1. The first kappa shape index (κ1) is 16.1. The van der Waals surface area contributed by atoms with Crippen molar-refractivity contribution in [3.63, 3.8) is 0 Å². The number of nitrogens with zero attached hydrogens (tertiary/aromatic N) is 1. The first-order chi connectivity index (χ1) is 9.36. The average Bonchev–Trinajstić information content (AvgIpc) is 2.40. The molecule has 3 nitrogen and oxygen atoms in total. The highest BCUT2D eigenvalue weighted by Gasteiger charge is 2.58. The molecule has 0 aliphatic rings. The molecule has 1 N–H and O–H groups in total. The van der Waals surface area contributed by atoms with E-state index in [2.05, 4.69) is 0 Å². The average molecular weight is 285 g/mol. The molecule has 0 amide bonds. The van der Waals surface area contributed by atoms with Crippen molar-refractivity contribution in [1.82, 2.24) is 0 Å². The number of ether oxygens (including phenoxy) is 1. The second-order valence-corrected chi connectivity index (χ2v) is 4.05. The molecule has 0 aliphatic carbocycles. The molecule has 1 aromatic rings. The Morgan fingerprint density at radius 1 is 1.35 bits per heavy atom. The number of benzene rings is 1. The molecule has 0 spiro atoms. The van der Waals surface area contributed by atoms with Crippen LogP contribution in [0, 0.1) is 11.3 Å². The van der Waals surface area contributed by atoms with Gasteiger partial charge in [0.05, 0.1) is 18.9 Å². The van der Waals surface area contributed by atoms with Crippen LogP contribution >= 0.6 is 0 Å². The number of hydrogen-bond acceptors (Lipinski definition) is 3. The molecule has 1 rings (SSSR count). The quantitative estimate of drug-likeness (QED) is 0.846. The Bertz CT molecular complexity index is 493. The van der Waals surface area contributed by atoms with Crippen molar-refractivity contribution in [1.29, 1.82) is 5.26 Å². The van der Waals surface area contributed by atoms with E-state index in [4.69, 9.17) is 10.00 Å². The Labute approximate surface area is 114 Å². The summed E-state index contributed by atoms with van der Waals surface area (Å²) in [5.74, 6) is -1.78. The van der Waals surface area contributed by atoms with Crippen LogP contribution in [0.1, 0.15) is 18.4 Å². The fraction of sp³-hybridized carbons (Fsp3) is 0.357. The first-order valence-electron chi connectivity index (χ1n) is 5.89. The molecule has 0 saturated carbocycles. The third-order valence-corrected chi connectivity index (χ3v) is 2.74. The van der Waals surface area contributed by atoms with E-state index in [1.165, 1.54) is 30.3 Å². The number of hydrogen-bond donors (Lipinski definition) is 1. The summed E-state index contributed by atoms with van der Waals surface area (Å²) >= 11 is 0. The number of alkyl halides is 3. The Balaban J connectivity index is 3.26. The van der Waals surface area contributed by atoms with Crippen LogP contribution in [-0.4, -0.2) is 23.5 Å². The zero-order chi connectivity index (χ0) is 15.2. The van der Waals surface area contributed by atoms with Gasteiger partial charge in [-0.3, -0.25) is 0 Å². The van der Waals surface area contributed by atoms with Gasteiger partial charge in [0.2, 0.25) is 5.60 Å². The number of rotatable bonds is 5. The van der Waals surface area contributed by atoms with Crippen LogP contribution in [0.15, 0.2) is 42.7 Å². The number of nitriles is 1. The molecule has 6 heteroatoms. The van der Waals surface area contributed by atoms with Crippen molar-refractivity contribution >= 4 is 0 Å². The maximum Gasteiger partial charge on any atom is 0.422 e. The molecular formula is C14H14F3NO2. The minimum absolute atomic E-state index is 0.0796. The molecule has 2 unspecified atom stereocenters. The van der Waals surface area contributed by atoms with Crippen molar-refractivity contribution < 1.29 is 23.0 Å². The van der Waals surface area contributed by atoms with E-state index in [1.807, 2.05) is 0 Å². The van der Waals surface area contributed by atoms with Crippen molar-refractivity contribution in [3.8, 4) is 6.07 Å². The molecule has 1 aromatic carbocycles. The summed E-state index contributed by atoms with van der Waals surface area (Å²) < 4.78 is 44.1. The van der Waals surface area contributed by atoms with Crippen molar-refractivity contribution in [2.24, 2.45) is 0 Å². The van der Waals surface area contributed by atoms with Gasteiger partial charge >= 0.3 is 6.18 Å². The van der Waals surface area contributed by atoms with E-state index in [9.17, 15) is 18.3 Å². The Hall–Kier alpha value is -2.00. The van der Waals surface area contributed by atoms with Gasteiger partial charge in [-0.1, -0.05) is 30.3 Å². The van der Waals surface area contributed by atoms with Gasteiger partial charge in [0, 0.05) is 0 Å². The van der Waals surface area contributed by atoms with Crippen LogP contribution in [0.2, 0.25) is 0 Å². The lowest BCUT2D eigenvalue weighted by atomic mass is 9.82. The topological polar surface area (TPSA) is 53.2 Å². The summed E-state index contributed by atoms with van der Waals surface area (Å²) in [5.41, 5.74) is -3.23. The molecule has 0 bridgehead atoms. The number of aliphatic hydroxyl groups is 1. The van der Waals surface area contributed by atoms with Crippen LogP contribution < -0.4 is 0 Å². The predicted molar refractivity (Wildman–Crippen MR) is 66.6 cm³/mol. The minimum atomic E-state index is -5.00. The van der Waals surface area contributed by atoms with Gasteiger partial charge < -0.3 is 9.84 Å². The molecule has 0 radical (unpaired) electrons. The Morgan fingerprint density at radius 3 is 2.40 bits per heavy atom. The van der Waals surface area contributed by atoms with Crippen LogP contribution in [-0.2, 0) is 4.74 Å². The van der Waals surface area contributed by atoms with E-state index < -0.39 is 17.7 Å². The van der Waals surface area contributed by atoms with Crippen LogP contribution in [0.3, 0.4) is 0 Å². The molecule has 2 atom stereocenters. The summed E-state index contributed by atoms with van der Waals surface area (Å²) in [7, 11) is 0. The van der Waals surface area contributed by atoms with Crippen LogP contribution in [0.4, 0.5) is 13.2 Å². The molecule has 0 aromatic heterocycles. The van der Waals surface area contributed by atoms with Gasteiger partial charge in [0.1, 0.15) is 5.92 Å². The first-order valence-corrected chi connectivity index (χ1v) is 5.89. The molecule has 20 heavy (non-hydrogen) atoms. The second-order valence-electron chi connectivity index (χ2n) is 4.05. The molecule has 108 valence electrons. The third-order valence-electron chi connectivity index (χ3n) is 2.74. The fourth-order valence-electron chi connectivity index (χ4n) is 1.67. The maximum atomic E-state index is 13.1. The lowest BCUT2D eigenvalue weighted by Gasteiger charge is -2.31. The largest absolute Gasteiger partial charge is 0.502 e. The second kappa shape index (κ2) is 6.44. The van der Waals surface area contributed by atoms with Crippen molar-refractivity contribution in [2.75, 3.05) is 6.61 Å². The summed E-state index contributed by atoms with van der Waals surface area (Å²) in [6, 6.07) is 8.85. The van der Waals surface area contributed by atoms with E-state index in [0.29, 0.717) is 6.08 Å². The predicted octanol–water partition coefficient (Wildman–Crippen LogP) is 3.14. The van der Waals surface area contributed by atoms with Crippen molar-refractivity contribution in [3.05, 3.63) is 48.2 Å². The third kappa shape index (κ3) is 3.31. The van der Waals surface area contributed by atoms with E-state index in [0.717, 1.165) is 6.26 Å². The molecule has 0 saturated heterocycles. The van der Waals surface area contributed by atoms with Gasteiger partial charge in [-0.15, -0.1) is 0 Å². The van der Waals surface area contributed by atoms with Crippen LogP contribution in [0.5, 0.6) is 0 Å². The van der Waals surface area contributed by atoms with E-state index in [-0.39, 0.29) is 12.2 Å². The zero-order valence-electron chi connectivity index (χ0n) is 10.8. The van der Waals surface area contributed by atoms with Crippen LogP contribution in [0.25, 0.3) is 0 Å². The van der Waals surface area contributed by atoms with Gasteiger partial charge in [-0.2, -0.15) is 18.4 Å². The lowest BCUT2D eigenvalue weighted by Crippen LogP contribution is -2.48. The summed E-state index contributed by atoms with van der Waals surface area (Å²) in [6.07, 6.45) is -3.77. The highest BCUT2D eigenvalue weighted by Crippen LogP contribution is 2.42. The molecule has 0 heterocycles. The fourth-order valence-corrected chi connectivity index (χ4v) is 1.67. The summed E-state index contributed by atoms with van der Waals surface area (Å²) in [5, 5.41) is 19.0. The van der Waals surface area contributed by atoms with Crippen molar-refractivity contribution in [2.45, 2.75) is 24.6 Å². The standard InChI is InChI=1S/C14H14F3NO2/c1-2-20-9-8-13(19,14(15,16)17)12(10-18)11-6-4-3-5-7-11/h3-9,12,19H,2H2,1H3/b9-8+. The SMILES string of the molecule is CCO/C=C/C(O)(C(C#N)c1ccccc1)C(F)(F)F. The van der Waals surface area contributed by atoms with Gasteiger partial charge in [-0.25, -0.2) is 0 Å². The Morgan fingerprint density at radius 2 is 1.95 bits per heavy atom. The van der Waals surface area contributed by atoms with E-state index in [1.54, 1.807) is 13.0 Å². The smallest absolute Gasteiger partial charge is 0.422 e. The highest BCUT2D eigenvalue weighted by molar-refractivity contribution is 5.33. The minimum Gasteiger partial charge on any atom is -0.502 e. The molecule has 0 fully saturated rings. The van der Waals surface area contributed by atoms with Gasteiger partial charge in [0.25, 0.3) is 0 Å².